The van der Waals surface area contributed by atoms with Gasteiger partial charge in [-0.2, -0.15) is 0 Å². The molecule has 0 fully saturated rings. The van der Waals surface area contributed by atoms with Crippen molar-refractivity contribution in [3.05, 3.63) is 0 Å². The molecule has 0 aliphatic carbocycles. The van der Waals surface area contributed by atoms with Crippen LogP contribution in [0.4, 0.5) is 0 Å². The number of hydrogen-bond acceptors (Lipinski definition) is 4. The summed E-state index contributed by atoms with van der Waals surface area (Å²) < 4.78 is 5.80. The van der Waals surface area contributed by atoms with Crippen LogP contribution >= 0.6 is 0 Å². The Morgan fingerprint density at radius 1 is 0.606 bits per heavy atom. The number of aliphatic carboxylic acids is 3. The van der Waals surface area contributed by atoms with Crippen molar-refractivity contribution < 1.29 is 34.4 Å². The molecule has 0 aliphatic heterocycles. The standard InChI is InChI=1S/C26H48O7/c1-4-7-10-12-14-16-18-25(23(29)30,19-17-15-13-11-8-5-2)26(24(31)32,21-22(27)28)33-20-9-6-3/h4-21H2,1-3H3,(H,27,28)(H,29,30)(H,31,32). The molecule has 0 aliphatic rings. The molecule has 0 aromatic carbocycles. The summed E-state index contributed by atoms with van der Waals surface area (Å²) in [6.45, 7) is 6.19. The highest BCUT2D eigenvalue weighted by atomic mass is 16.5. The molecule has 7 heteroatoms. The van der Waals surface area contributed by atoms with E-state index in [0.29, 0.717) is 19.3 Å². The summed E-state index contributed by atoms with van der Waals surface area (Å²) in [5, 5.41) is 30.3. The first-order chi connectivity index (χ1) is 15.7. The van der Waals surface area contributed by atoms with E-state index in [1.807, 2.05) is 6.92 Å². The second kappa shape index (κ2) is 17.8. The van der Waals surface area contributed by atoms with Gasteiger partial charge in [0.15, 0.2) is 5.60 Å². The first-order valence-corrected chi connectivity index (χ1v) is 13.1. The molecule has 0 spiro atoms. The van der Waals surface area contributed by atoms with Gasteiger partial charge in [0.1, 0.15) is 5.41 Å². The highest BCUT2D eigenvalue weighted by molar-refractivity contribution is 5.92. The third-order valence-corrected chi connectivity index (χ3v) is 6.69. The predicted molar refractivity (Wildman–Crippen MR) is 130 cm³/mol. The number of rotatable bonds is 23. The Morgan fingerprint density at radius 2 is 1.03 bits per heavy atom. The molecule has 0 radical (unpaired) electrons. The number of carboxylic acid groups (broad SMARTS) is 3. The smallest absolute Gasteiger partial charge is 0.337 e. The van der Waals surface area contributed by atoms with E-state index in [4.69, 9.17) is 4.74 Å². The SMILES string of the molecule is CCCCCCCCC(CCCCCCCC)(C(=O)O)C(CC(=O)O)(OCCCC)C(=O)O. The minimum atomic E-state index is -2.29. The average Bonchev–Trinajstić information content (AvgIpc) is 2.75. The van der Waals surface area contributed by atoms with Crippen LogP contribution in [0.25, 0.3) is 0 Å². The monoisotopic (exact) mass is 472 g/mol. The number of unbranched alkanes of at least 4 members (excludes halogenated alkanes) is 11. The third-order valence-electron chi connectivity index (χ3n) is 6.69. The van der Waals surface area contributed by atoms with Gasteiger partial charge >= 0.3 is 17.9 Å². The fourth-order valence-corrected chi connectivity index (χ4v) is 4.63. The summed E-state index contributed by atoms with van der Waals surface area (Å²) in [7, 11) is 0. The van der Waals surface area contributed by atoms with Gasteiger partial charge in [-0.3, -0.25) is 9.59 Å². The first kappa shape index (κ1) is 31.4. The fraction of sp³-hybridized carbons (Fsp3) is 0.885. The lowest BCUT2D eigenvalue weighted by molar-refractivity contribution is -0.208. The van der Waals surface area contributed by atoms with Crippen LogP contribution in [0, 0.1) is 5.41 Å². The molecule has 7 nitrogen and oxygen atoms in total. The van der Waals surface area contributed by atoms with Gasteiger partial charge in [-0.15, -0.1) is 0 Å². The number of hydrogen-bond donors (Lipinski definition) is 3. The molecule has 3 N–H and O–H groups in total. The molecule has 0 aromatic rings. The molecule has 0 aromatic heterocycles. The number of carbonyl (C=O) groups is 3. The van der Waals surface area contributed by atoms with Crippen molar-refractivity contribution in [3.8, 4) is 0 Å². The Morgan fingerprint density at radius 3 is 1.39 bits per heavy atom. The topological polar surface area (TPSA) is 121 Å². The molecule has 0 amide bonds. The summed E-state index contributed by atoms with van der Waals surface area (Å²) in [4.78, 5) is 37.2. The van der Waals surface area contributed by atoms with Gasteiger partial charge in [0, 0.05) is 6.61 Å². The molecular formula is C26H48O7. The van der Waals surface area contributed by atoms with E-state index in [0.717, 1.165) is 70.6 Å². The van der Waals surface area contributed by atoms with Crippen molar-refractivity contribution in [2.24, 2.45) is 5.41 Å². The van der Waals surface area contributed by atoms with Gasteiger partial charge < -0.3 is 20.1 Å². The van der Waals surface area contributed by atoms with Gasteiger partial charge in [0.05, 0.1) is 6.42 Å². The van der Waals surface area contributed by atoms with Crippen molar-refractivity contribution in [2.75, 3.05) is 6.61 Å². The van der Waals surface area contributed by atoms with Crippen LogP contribution in [-0.4, -0.2) is 45.4 Å². The lowest BCUT2D eigenvalue weighted by Gasteiger charge is -2.44. The van der Waals surface area contributed by atoms with Crippen molar-refractivity contribution in [2.45, 2.75) is 136 Å². The van der Waals surface area contributed by atoms with E-state index >= 15 is 0 Å². The first-order valence-electron chi connectivity index (χ1n) is 13.1. The van der Waals surface area contributed by atoms with E-state index < -0.39 is 35.3 Å². The third kappa shape index (κ3) is 10.4. The maximum absolute atomic E-state index is 12.8. The molecule has 0 saturated heterocycles. The summed E-state index contributed by atoms with van der Waals surface area (Å²) in [5.74, 6) is -4.10. The highest BCUT2D eigenvalue weighted by Gasteiger charge is 2.63. The van der Waals surface area contributed by atoms with Crippen molar-refractivity contribution in [1.82, 2.24) is 0 Å². The van der Waals surface area contributed by atoms with E-state index in [-0.39, 0.29) is 19.4 Å². The van der Waals surface area contributed by atoms with E-state index in [1.54, 1.807) is 0 Å². The fourth-order valence-electron chi connectivity index (χ4n) is 4.63. The van der Waals surface area contributed by atoms with Crippen LogP contribution in [0.5, 0.6) is 0 Å². The van der Waals surface area contributed by atoms with Gasteiger partial charge in [-0.05, 0) is 19.3 Å². The Bertz CT molecular complexity index is 545. The number of ether oxygens (including phenoxy) is 1. The summed E-state index contributed by atoms with van der Waals surface area (Å²) in [5.41, 5.74) is -4.06. The summed E-state index contributed by atoms with van der Waals surface area (Å²) in [6, 6.07) is 0. The quantitative estimate of drug-likeness (QED) is 0.142. The molecule has 0 heterocycles. The second-order valence-electron chi connectivity index (χ2n) is 9.33. The van der Waals surface area contributed by atoms with Crippen LogP contribution in [0.1, 0.15) is 130 Å². The molecule has 1 unspecified atom stereocenters. The molecule has 1 atom stereocenters. The van der Waals surface area contributed by atoms with Crippen LogP contribution in [0.2, 0.25) is 0 Å². The molecule has 0 rings (SSSR count). The van der Waals surface area contributed by atoms with Crippen LogP contribution in [-0.2, 0) is 19.1 Å². The Labute approximate surface area is 200 Å². The molecule has 33 heavy (non-hydrogen) atoms. The van der Waals surface area contributed by atoms with Gasteiger partial charge in [0.25, 0.3) is 0 Å². The molecular weight excluding hydrogens is 424 g/mol. The largest absolute Gasteiger partial charge is 0.481 e. The lowest BCUT2D eigenvalue weighted by atomic mass is 9.63. The van der Waals surface area contributed by atoms with Crippen molar-refractivity contribution >= 4 is 17.9 Å². The predicted octanol–water partition coefficient (Wildman–Crippen LogP) is 6.67. The maximum atomic E-state index is 12.8. The van der Waals surface area contributed by atoms with E-state index in [9.17, 15) is 29.7 Å². The van der Waals surface area contributed by atoms with Crippen molar-refractivity contribution in [3.63, 3.8) is 0 Å². The Balaban J connectivity index is 5.94. The summed E-state index contributed by atoms with van der Waals surface area (Å²) >= 11 is 0. The van der Waals surface area contributed by atoms with Gasteiger partial charge in [-0.25, -0.2) is 4.79 Å². The van der Waals surface area contributed by atoms with E-state index in [2.05, 4.69) is 13.8 Å². The molecule has 0 saturated carbocycles. The van der Waals surface area contributed by atoms with E-state index in [1.165, 1.54) is 0 Å². The maximum Gasteiger partial charge on any atom is 0.337 e. The second-order valence-corrected chi connectivity index (χ2v) is 9.33. The van der Waals surface area contributed by atoms with Gasteiger partial charge in [-0.1, -0.05) is 104 Å². The highest BCUT2D eigenvalue weighted by Crippen LogP contribution is 2.47. The molecule has 194 valence electrons. The summed E-state index contributed by atoms with van der Waals surface area (Å²) in [6.07, 6.45) is 11.7. The molecule has 0 bridgehead atoms. The van der Waals surface area contributed by atoms with Crippen LogP contribution in [0.3, 0.4) is 0 Å². The minimum absolute atomic E-state index is 0.0259. The van der Waals surface area contributed by atoms with Crippen LogP contribution < -0.4 is 0 Å². The normalized spacial score (nSPS) is 13.5. The number of carboxylic acids is 3. The lowest BCUT2D eigenvalue weighted by Crippen LogP contribution is -2.61. The zero-order chi connectivity index (χ0) is 25.2. The van der Waals surface area contributed by atoms with Crippen molar-refractivity contribution in [1.29, 1.82) is 0 Å². The zero-order valence-corrected chi connectivity index (χ0v) is 21.2. The van der Waals surface area contributed by atoms with Gasteiger partial charge in [0.2, 0.25) is 0 Å². The average molecular weight is 473 g/mol. The minimum Gasteiger partial charge on any atom is -0.481 e. The zero-order valence-electron chi connectivity index (χ0n) is 21.2. The Kier molecular flexibility index (Phi) is 16.9. The Hall–Kier alpha value is -1.63. The van der Waals surface area contributed by atoms with Crippen LogP contribution in [0.15, 0.2) is 0 Å².